The summed E-state index contributed by atoms with van der Waals surface area (Å²) in [4.78, 5) is 24.4. The Balaban J connectivity index is 3.51. The highest BCUT2D eigenvalue weighted by atomic mass is 16.5. The van der Waals surface area contributed by atoms with Crippen LogP contribution in [0.2, 0.25) is 0 Å². The molecular weight excluding hydrogens is 683 g/mol. The second-order valence-electron chi connectivity index (χ2n) is 16.8. The van der Waals surface area contributed by atoms with E-state index in [9.17, 15) is 19.8 Å². The third-order valence-corrected chi connectivity index (χ3v) is 11.3. The van der Waals surface area contributed by atoms with Gasteiger partial charge in [-0.2, -0.15) is 0 Å². The number of nitrogens with one attached hydrogen (secondary N) is 1. The number of hydrogen-bond donors (Lipinski definition) is 3. The van der Waals surface area contributed by atoms with Gasteiger partial charge in [-0.05, 0) is 51.4 Å². The molecule has 2 unspecified atom stereocenters. The zero-order valence-corrected chi connectivity index (χ0v) is 36.9. The molecule has 6 heteroatoms. The van der Waals surface area contributed by atoms with E-state index >= 15 is 0 Å². The van der Waals surface area contributed by atoms with E-state index in [1.54, 1.807) is 0 Å². The van der Waals surface area contributed by atoms with Crippen LogP contribution in [0, 0.1) is 0 Å². The first-order valence-electron chi connectivity index (χ1n) is 24.4. The Bertz CT molecular complexity index is 817. The van der Waals surface area contributed by atoms with Crippen molar-refractivity contribution in [1.82, 2.24) is 5.32 Å². The summed E-state index contributed by atoms with van der Waals surface area (Å²) in [6.45, 7) is 4.86. The molecule has 1 amide bonds. The minimum atomic E-state index is -0.683. The largest absolute Gasteiger partial charge is 0.466 e. The molecule has 0 aliphatic carbocycles. The smallest absolute Gasteiger partial charge is 0.305 e. The molecule has 3 N–H and O–H groups in total. The third kappa shape index (κ3) is 42.0. The number of rotatable bonds is 45. The maximum atomic E-state index is 12.4. The average molecular weight is 778 g/mol. The fourth-order valence-corrected chi connectivity index (χ4v) is 7.51. The molecule has 0 saturated heterocycles. The SMILES string of the molecule is CCCCCCCCCCCCCCCCCC(=O)OCCCC/C=C\CCCCCCC(=O)NC(CO)C(O)CCCCCCCCCCCCCCC. The molecule has 0 rings (SSSR count). The summed E-state index contributed by atoms with van der Waals surface area (Å²) in [6.07, 6.45) is 50.3. The van der Waals surface area contributed by atoms with Crippen molar-refractivity contribution in [1.29, 1.82) is 0 Å². The summed E-state index contributed by atoms with van der Waals surface area (Å²) in [5.74, 6) is -0.104. The van der Waals surface area contributed by atoms with Crippen molar-refractivity contribution in [3.05, 3.63) is 12.2 Å². The molecule has 6 nitrogen and oxygen atoms in total. The van der Waals surface area contributed by atoms with Gasteiger partial charge in [0.25, 0.3) is 0 Å². The molecule has 0 bridgehead atoms. The van der Waals surface area contributed by atoms with Gasteiger partial charge in [0.05, 0.1) is 25.4 Å². The van der Waals surface area contributed by atoms with Crippen LogP contribution in [0.25, 0.3) is 0 Å². The monoisotopic (exact) mass is 778 g/mol. The van der Waals surface area contributed by atoms with Crippen LogP contribution in [0.3, 0.4) is 0 Å². The first-order chi connectivity index (χ1) is 27.0. The standard InChI is InChI=1S/C49H95NO5/c1-3-5-7-9-11-13-15-17-18-20-22-27-31-35-39-43-49(54)55-44-40-36-32-28-24-23-26-30-34-38-42-48(53)50-46(45-51)47(52)41-37-33-29-25-21-19-16-14-12-10-8-6-4-2/h24,28,46-47,51-52H,3-23,25-27,29-45H2,1-2H3,(H,50,53)/b28-24-. The lowest BCUT2D eigenvalue weighted by Gasteiger charge is -2.22. The zero-order valence-electron chi connectivity index (χ0n) is 36.9. The average Bonchev–Trinajstić information content (AvgIpc) is 3.18. The minimum absolute atomic E-state index is 0.0336. The van der Waals surface area contributed by atoms with Crippen molar-refractivity contribution in [3.63, 3.8) is 0 Å². The first kappa shape index (κ1) is 53.6. The Morgan fingerprint density at radius 2 is 0.855 bits per heavy atom. The van der Waals surface area contributed by atoms with Gasteiger partial charge in [0, 0.05) is 12.8 Å². The number of amides is 1. The summed E-state index contributed by atoms with van der Waals surface area (Å²) in [5, 5.41) is 23.1. The predicted molar refractivity (Wildman–Crippen MR) is 237 cm³/mol. The van der Waals surface area contributed by atoms with Gasteiger partial charge < -0.3 is 20.3 Å². The number of carbonyl (C=O) groups is 2. The molecule has 0 fully saturated rings. The molecule has 0 spiro atoms. The highest BCUT2D eigenvalue weighted by Gasteiger charge is 2.20. The van der Waals surface area contributed by atoms with Crippen LogP contribution < -0.4 is 5.32 Å². The molecule has 0 aliphatic heterocycles. The third-order valence-electron chi connectivity index (χ3n) is 11.3. The molecule has 0 aromatic rings. The lowest BCUT2D eigenvalue weighted by molar-refractivity contribution is -0.143. The fourth-order valence-electron chi connectivity index (χ4n) is 7.51. The normalized spacial score (nSPS) is 12.7. The van der Waals surface area contributed by atoms with Gasteiger partial charge in [-0.1, -0.05) is 212 Å². The second kappa shape index (κ2) is 45.3. The topological polar surface area (TPSA) is 95.9 Å². The number of aliphatic hydroxyl groups excluding tert-OH is 2. The van der Waals surface area contributed by atoms with E-state index in [1.807, 2.05) is 0 Å². The maximum Gasteiger partial charge on any atom is 0.305 e. The van der Waals surface area contributed by atoms with Crippen LogP contribution in [-0.2, 0) is 14.3 Å². The molecule has 0 aromatic carbocycles. The summed E-state index contributed by atoms with van der Waals surface area (Å²) in [7, 11) is 0. The summed E-state index contributed by atoms with van der Waals surface area (Å²) >= 11 is 0. The second-order valence-corrected chi connectivity index (χ2v) is 16.8. The van der Waals surface area contributed by atoms with Gasteiger partial charge in [-0.25, -0.2) is 0 Å². The molecule has 55 heavy (non-hydrogen) atoms. The predicted octanol–water partition coefficient (Wildman–Crippen LogP) is 14.2. The highest BCUT2D eigenvalue weighted by Crippen LogP contribution is 2.16. The van der Waals surface area contributed by atoms with Gasteiger partial charge in [0.1, 0.15) is 0 Å². The van der Waals surface area contributed by atoms with Crippen LogP contribution in [0.15, 0.2) is 12.2 Å². The summed E-state index contributed by atoms with van der Waals surface area (Å²) < 4.78 is 5.43. The Hall–Kier alpha value is -1.40. The number of esters is 1. The molecule has 326 valence electrons. The van der Waals surface area contributed by atoms with E-state index in [-0.39, 0.29) is 18.5 Å². The fraction of sp³-hybridized carbons (Fsp3) is 0.918. The number of hydrogen-bond acceptors (Lipinski definition) is 5. The van der Waals surface area contributed by atoms with E-state index in [0.29, 0.717) is 25.9 Å². The Morgan fingerprint density at radius 1 is 0.491 bits per heavy atom. The number of aliphatic hydroxyl groups is 2. The molecule has 0 aromatic heterocycles. The highest BCUT2D eigenvalue weighted by molar-refractivity contribution is 5.76. The van der Waals surface area contributed by atoms with Crippen LogP contribution in [-0.4, -0.2) is 47.4 Å². The molecule has 0 heterocycles. The van der Waals surface area contributed by atoms with E-state index in [1.165, 1.54) is 154 Å². The van der Waals surface area contributed by atoms with Crippen molar-refractivity contribution in [2.45, 2.75) is 276 Å². The molecule has 0 saturated carbocycles. The van der Waals surface area contributed by atoms with Crippen molar-refractivity contribution in [2.24, 2.45) is 0 Å². The maximum absolute atomic E-state index is 12.4. The van der Waals surface area contributed by atoms with Crippen molar-refractivity contribution < 1.29 is 24.5 Å². The van der Waals surface area contributed by atoms with Gasteiger partial charge in [0.15, 0.2) is 0 Å². The van der Waals surface area contributed by atoms with Crippen LogP contribution >= 0.6 is 0 Å². The number of carbonyl (C=O) groups excluding carboxylic acids is 2. The van der Waals surface area contributed by atoms with Gasteiger partial charge in [-0.3, -0.25) is 9.59 Å². The van der Waals surface area contributed by atoms with Crippen LogP contribution in [0.4, 0.5) is 0 Å². The lowest BCUT2D eigenvalue weighted by Crippen LogP contribution is -2.45. The van der Waals surface area contributed by atoms with Crippen molar-refractivity contribution >= 4 is 11.9 Å². The zero-order chi connectivity index (χ0) is 40.1. The van der Waals surface area contributed by atoms with E-state index in [2.05, 4.69) is 31.3 Å². The summed E-state index contributed by atoms with van der Waals surface area (Å²) in [6, 6.07) is -0.564. The minimum Gasteiger partial charge on any atom is -0.466 e. The van der Waals surface area contributed by atoms with Gasteiger partial charge in [0.2, 0.25) is 5.91 Å². The number of allylic oxidation sites excluding steroid dienone is 2. The van der Waals surface area contributed by atoms with Gasteiger partial charge >= 0.3 is 5.97 Å². The molecule has 0 radical (unpaired) electrons. The quantitative estimate of drug-likeness (QED) is 0.0325. The van der Waals surface area contributed by atoms with E-state index in [4.69, 9.17) is 4.74 Å². The van der Waals surface area contributed by atoms with Crippen molar-refractivity contribution in [3.8, 4) is 0 Å². The molecule has 0 aliphatic rings. The number of ether oxygens (including phenoxy) is 1. The molecule has 2 atom stereocenters. The van der Waals surface area contributed by atoms with Crippen molar-refractivity contribution in [2.75, 3.05) is 13.2 Å². The van der Waals surface area contributed by atoms with Crippen LogP contribution in [0.5, 0.6) is 0 Å². The molecular formula is C49H95NO5. The Labute approximate surface area is 342 Å². The van der Waals surface area contributed by atoms with E-state index < -0.39 is 12.1 Å². The summed E-state index contributed by atoms with van der Waals surface area (Å²) in [5.41, 5.74) is 0. The van der Waals surface area contributed by atoms with Gasteiger partial charge in [-0.15, -0.1) is 0 Å². The Morgan fingerprint density at radius 3 is 1.29 bits per heavy atom. The first-order valence-corrected chi connectivity index (χ1v) is 24.4. The van der Waals surface area contributed by atoms with E-state index in [0.717, 1.165) is 77.0 Å². The lowest BCUT2D eigenvalue weighted by atomic mass is 10.0. The van der Waals surface area contributed by atoms with Crippen LogP contribution in [0.1, 0.15) is 264 Å². The Kier molecular flexibility index (Phi) is 44.2. The number of unbranched alkanes of at least 4 members (excludes halogenated alkanes) is 32.